The summed E-state index contributed by atoms with van der Waals surface area (Å²) in [6.45, 7) is 4.96. The van der Waals surface area contributed by atoms with Gasteiger partial charge in [0.05, 0.1) is 28.8 Å². The molecule has 1 fully saturated rings. The van der Waals surface area contributed by atoms with Gasteiger partial charge in [-0.3, -0.25) is 4.72 Å². The predicted octanol–water partition coefficient (Wildman–Crippen LogP) is 4.45. The lowest BCUT2D eigenvalue weighted by molar-refractivity contribution is 0.407. The van der Waals surface area contributed by atoms with E-state index in [1.807, 2.05) is 6.07 Å². The Morgan fingerprint density at radius 3 is 2.74 bits per heavy atom. The fraction of sp³-hybridized carbons (Fsp3) is 0.385. The van der Waals surface area contributed by atoms with E-state index in [2.05, 4.69) is 30.3 Å². The Hall–Kier alpha value is -3.89. The zero-order chi connectivity index (χ0) is 28.0. The molecule has 0 bridgehead atoms. The molecule has 1 saturated heterocycles. The molecule has 1 aromatic carbocycles. The van der Waals surface area contributed by atoms with Crippen molar-refractivity contribution >= 4 is 21.7 Å². The van der Waals surface area contributed by atoms with Crippen molar-refractivity contribution in [3.05, 3.63) is 54.4 Å². The standard InChI is InChI=1S/C26H29F2N7O3S/c1-26(2,10-11-29)16-39(36,37)35-20-7-8-21(23(28)22(20)27)38-24-18(6-4-13-31-24)19-9-14-32-25(34-19)33-17-5-3-12-30-15-17/h4,6-9,13-14,17,30,35H,3,5,10,12,15-16H2,1-2H3,(H,32,33,34). The predicted molar refractivity (Wildman–Crippen MR) is 143 cm³/mol. The number of sulfonamides is 1. The Kier molecular flexibility index (Phi) is 8.57. The van der Waals surface area contributed by atoms with Crippen molar-refractivity contribution in [2.75, 3.05) is 28.9 Å². The fourth-order valence-electron chi connectivity index (χ4n) is 4.18. The number of hydrogen-bond acceptors (Lipinski definition) is 9. The van der Waals surface area contributed by atoms with E-state index >= 15 is 0 Å². The first-order chi connectivity index (χ1) is 18.6. The highest BCUT2D eigenvalue weighted by Crippen LogP contribution is 2.34. The molecule has 0 saturated carbocycles. The molecule has 1 aliphatic rings. The smallest absolute Gasteiger partial charge is 0.233 e. The first kappa shape index (κ1) is 28.1. The van der Waals surface area contributed by atoms with E-state index in [9.17, 15) is 17.2 Å². The number of piperidine rings is 1. The van der Waals surface area contributed by atoms with Crippen LogP contribution in [0, 0.1) is 28.4 Å². The zero-order valence-electron chi connectivity index (χ0n) is 21.5. The molecule has 3 aromatic rings. The van der Waals surface area contributed by atoms with Crippen LogP contribution in [0.1, 0.15) is 33.1 Å². The summed E-state index contributed by atoms with van der Waals surface area (Å²) in [6.07, 6.45) is 5.02. The van der Waals surface area contributed by atoms with Gasteiger partial charge in [-0.05, 0) is 55.1 Å². The monoisotopic (exact) mass is 557 g/mol. The average molecular weight is 558 g/mol. The van der Waals surface area contributed by atoms with Crippen molar-refractivity contribution in [2.45, 2.75) is 39.2 Å². The van der Waals surface area contributed by atoms with Crippen molar-refractivity contribution < 1.29 is 21.9 Å². The lowest BCUT2D eigenvalue weighted by atomic mass is 9.93. The molecule has 0 spiro atoms. The van der Waals surface area contributed by atoms with Gasteiger partial charge in [0.2, 0.25) is 27.7 Å². The molecule has 0 aliphatic carbocycles. The molecule has 1 aliphatic heterocycles. The number of rotatable bonds is 10. The second kappa shape index (κ2) is 11.9. The molecule has 1 unspecified atom stereocenters. The number of pyridine rings is 1. The van der Waals surface area contributed by atoms with Gasteiger partial charge < -0.3 is 15.4 Å². The first-order valence-corrected chi connectivity index (χ1v) is 14.0. The molecular formula is C26H29F2N7O3S. The molecule has 10 nitrogen and oxygen atoms in total. The number of nitrogens with one attached hydrogen (secondary N) is 3. The normalized spacial score (nSPS) is 15.8. The summed E-state index contributed by atoms with van der Waals surface area (Å²) in [6, 6.07) is 9.26. The van der Waals surface area contributed by atoms with Crippen LogP contribution >= 0.6 is 0 Å². The maximum atomic E-state index is 15.0. The topological polar surface area (TPSA) is 142 Å². The van der Waals surface area contributed by atoms with E-state index in [1.54, 1.807) is 38.2 Å². The number of halogens is 2. The van der Waals surface area contributed by atoms with Crippen LogP contribution in [0.5, 0.6) is 11.6 Å². The molecule has 1 atom stereocenters. The van der Waals surface area contributed by atoms with E-state index in [4.69, 9.17) is 10.00 Å². The van der Waals surface area contributed by atoms with Gasteiger partial charge in [0.15, 0.2) is 11.6 Å². The summed E-state index contributed by atoms with van der Waals surface area (Å²) in [5.41, 5.74) is -0.561. The second-order valence-corrected chi connectivity index (χ2v) is 11.7. The fourth-order valence-corrected chi connectivity index (χ4v) is 5.88. The van der Waals surface area contributed by atoms with E-state index in [1.165, 1.54) is 6.20 Å². The van der Waals surface area contributed by atoms with Crippen LogP contribution in [-0.4, -0.2) is 48.3 Å². The molecule has 0 amide bonds. The van der Waals surface area contributed by atoms with Crippen molar-refractivity contribution in [1.29, 1.82) is 5.26 Å². The largest absolute Gasteiger partial charge is 0.435 e. The van der Waals surface area contributed by atoms with Gasteiger partial charge >= 0.3 is 0 Å². The quantitative estimate of drug-likeness (QED) is 0.329. The third-order valence-electron chi connectivity index (χ3n) is 5.99. The van der Waals surface area contributed by atoms with Gasteiger partial charge in [0.25, 0.3) is 0 Å². The number of benzene rings is 1. The molecule has 13 heteroatoms. The summed E-state index contributed by atoms with van der Waals surface area (Å²) in [7, 11) is -4.07. The molecule has 206 valence electrons. The average Bonchev–Trinajstić information content (AvgIpc) is 2.89. The summed E-state index contributed by atoms with van der Waals surface area (Å²) < 4.78 is 62.6. The van der Waals surface area contributed by atoms with Gasteiger partial charge in [-0.1, -0.05) is 13.8 Å². The van der Waals surface area contributed by atoms with Crippen LogP contribution in [0.2, 0.25) is 0 Å². The summed E-state index contributed by atoms with van der Waals surface area (Å²) >= 11 is 0. The Morgan fingerprint density at radius 1 is 1.18 bits per heavy atom. The minimum Gasteiger partial charge on any atom is -0.435 e. The highest BCUT2D eigenvalue weighted by Gasteiger charge is 2.28. The zero-order valence-corrected chi connectivity index (χ0v) is 22.4. The minimum atomic E-state index is -4.07. The Balaban J connectivity index is 1.54. The Bertz CT molecular complexity index is 1470. The van der Waals surface area contributed by atoms with Gasteiger partial charge in [0.1, 0.15) is 0 Å². The number of aromatic nitrogens is 3. The van der Waals surface area contributed by atoms with E-state index in [0.29, 0.717) is 17.2 Å². The van der Waals surface area contributed by atoms with Crippen molar-refractivity contribution in [1.82, 2.24) is 20.3 Å². The van der Waals surface area contributed by atoms with E-state index in [-0.39, 0.29) is 18.3 Å². The molecule has 39 heavy (non-hydrogen) atoms. The lowest BCUT2D eigenvalue weighted by Crippen LogP contribution is -2.38. The van der Waals surface area contributed by atoms with Crippen molar-refractivity contribution in [3.63, 3.8) is 0 Å². The molecule has 3 N–H and O–H groups in total. The van der Waals surface area contributed by atoms with Crippen molar-refractivity contribution in [2.24, 2.45) is 5.41 Å². The lowest BCUT2D eigenvalue weighted by Gasteiger charge is -2.23. The number of nitrogens with zero attached hydrogens (tertiary/aromatic N) is 4. The number of anilines is 2. The second-order valence-electron chi connectivity index (χ2n) is 10.0. The number of hydrogen-bond donors (Lipinski definition) is 3. The third-order valence-corrected chi connectivity index (χ3v) is 7.68. The molecule has 3 heterocycles. The highest BCUT2D eigenvalue weighted by atomic mass is 32.2. The van der Waals surface area contributed by atoms with Crippen LogP contribution < -0.4 is 20.1 Å². The summed E-state index contributed by atoms with van der Waals surface area (Å²) in [4.78, 5) is 13.0. The van der Waals surface area contributed by atoms with Crippen LogP contribution in [0.4, 0.5) is 20.4 Å². The molecule has 0 radical (unpaired) electrons. The minimum absolute atomic E-state index is 0.0219. The molecule has 4 rings (SSSR count). The number of nitriles is 1. The highest BCUT2D eigenvalue weighted by molar-refractivity contribution is 7.92. The van der Waals surface area contributed by atoms with E-state index in [0.717, 1.165) is 38.1 Å². The van der Waals surface area contributed by atoms with Gasteiger partial charge in [0, 0.05) is 31.4 Å². The van der Waals surface area contributed by atoms with Gasteiger partial charge in [-0.25, -0.2) is 27.8 Å². The van der Waals surface area contributed by atoms with Gasteiger partial charge in [-0.2, -0.15) is 9.65 Å². The van der Waals surface area contributed by atoms with Crippen LogP contribution in [0.25, 0.3) is 11.3 Å². The van der Waals surface area contributed by atoms with Crippen LogP contribution in [0.3, 0.4) is 0 Å². The third kappa shape index (κ3) is 7.36. The summed E-state index contributed by atoms with van der Waals surface area (Å²) in [5.74, 6) is -3.36. The molecule has 2 aromatic heterocycles. The van der Waals surface area contributed by atoms with E-state index < -0.39 is 44.3 Å². The summed E-state index contributed by atoms with van der Waals surface area (Å²) in [5, 5.41) is 15.5. The Labute approximate surface area is 225 Å². The van der Waals surface area contributed by atoms with Crippen LogP contribution in [0.15, 0.2) is 42.7 Å². The first-order valence-electron chi connectivity index (χ1n) is 12.4. The maximum absolute atomic E-state index is 15.0. The SMILES string of the molecule is CC(C)(CC#N)CS(=O)(=O)Nc1ccc(Oc2ncccc2-c2ccnc(NC3CCCNC3)n2)c(F)c1F. The van der Waals surface area contributed by atoms with Crippen LogP contribution in [-0.2, 0) is 10.0 Å². The Morgan fingerprint density at radius 2 is 2.00 bits per heavy atom. The van der Waals surface area contributed by atoms with Crippen molar-refractivity contribution in [3.8, 4) is 29.0 Å². The maximum Gasteiger partial charge on any atom is 0.233 e. The number of ether oxygens (including phenoxy) is 1. The molecular weight excluding hydrogens is 528 g/mol. The van der Waals surface area contributed by atoms with Gasteiger partial charge in [-0.15, -0.1) is 0 Å².